The van der Waals surface area contributed by atoms with Crippen LogP contribution < -0.4 is 0 Å². The predicted octanol–water partition coefficient (Wildman–Crippen LogP) is 12.4. The maximum Gasteiger partial charge on any atom is 0.164 e. The Kier molecular flexibility index (Phi) is 7.25. The molecule has 6 heteroatoms. The summed E-state index contributed by atoms with van der Waals surface area (Å²) in [6.45, 7) is 0. The maximum atomic E-state index is 6.39. The summed E-state index contributed by atoms with van der Waals surface area (Å²) in [5.74, 6) is 1.84. The third-order valence-corrected chi connectivity index (χ3v) is 10.5. The lowest BCUT2D eigenvalue weighted by Gasteiger charge is -2.09. The van der Waals surface area contributed by atoms with E-state index in [1.807, 2.05) is 54.6 Å². The van der Waals surface area contributed by atoms with E-state index < -0.39 is 0 Å². The molecule has 0 fully saturated rings. The van der Waals surface area contributed by atoms with Crippen molar-refractivity contribution in [2.75, 3.05) is 0 Å². The summed E-state index contributed by atoms with van der Waals surface area (Å²) in [5, 5.41) is 2.98. The molecular weight excluding hydrogens is 657 g/mol. The molecule has 5 nitrogen and oxygen atoms in total. The van der Waals surface area contributed by atoms with Gasteiger partial charge in [0.15, 0.2) is 17.5 Å². The van der Waals surface area contributed by atoms with Crippen LogP contribution in [0.1, 0.15) is 0 Å². The molecule has 10 rings (SSSR count). The van der Waals surface area contributed by atoms with Crippen molar-refractivity contribution in [3.05, 3.63) is 170 Å². The van der Waals surface area contributed by atoms with E-state index in [4.69, 9.17) is 24.4 Å². The summed E-state index contributed by atoms with van der Waals surface area (Å²) in [4.78, 5) is 20.0. The van der Waals surface area contributed by atoms with E-state index in [9.17, 15) is 0 Å². The summed E-state index contributed by atoms with van der Waals surface area (Å²) in [5.41, 5.74) is 11.1. The summed E-state index contributed by atoms with van der Waals surface area (Å²) in [6, 6.07) is 58.2. The molecule has 0 saturated carbocycles. The number of hydrogen-bond acceptors (Lipinski definition) is 6. The van der Waals surface area contributed by atoms with Crippen LogP contribution in [-0.4, -0.2) is 19.9 Å². The van der Waals surface area contributed by atoms with Crippen molar-refractivity contribution in [3.63, 3.8) is 0 Å². The number of fused-ring (bicyclic) bond motifs is 4. The first-order valence-electron chi connectivity index (χ1n) is 17.1. The minimum absolute atomic E-state index is 0.600. The number of rotatable bonds is 6. The molecule has 0 aliphatic carbocycles. The SMILES string of the molecule is c1ccc(-c2ccc(-c3nc(-c4ccccc4)nc(-c4ccc5oc6cc7sc(-c8ccc(-c9ccccc9)cc8)nc7cc6c5c4)n3)cc2)cc1. The molecule has 0 aliphatic rings. The van der Waals surface area contributed by atoms with E-state index >= 15 is 0 Å². The average molecular weight is 685 g/mol. The summed E-state index contributed by atoms with van der Waals surface area (Å²) in [6.07, 6.45) is 0. The highest BCUT2D eigenvalue weighted by atomic mass is 32.1. The highest BCUT2D eigenvalue weighted by molar-refractivity contribution is 7.21. The van der Waals surface area contributed by atoms with E-state index in [1.165, 1.54) is 16.7 Å². The van der Waals surface area contributed by atoms with Gasteiger partial charge >= 0.3 is 0 Å². The second kappa shape index (κ2) is 12.5. The van der Waals surface area contributed by atoms with E-state index in [0.29, 0.717) is 17.5 Å². The number of hydrogen-bond donors (Lipinski definition) is 0. The molecule has 0 saturated heterocycles. The molecule has 10 aromatic rings. The van der Waals surface area contributed by atoms with Crippen LogP contribution in [0, 0.1) is 0 Å². The van der Waals surface area contributed by atoms with Gasteiger partial charge in [0.25, 0.3) is 0 Å². The second-order valence-corrected chi connectivity index (χ2v) is 13.7. The molecule has 0 radical (unpaired) electrons. The van der Waals surface area contributed by atoms with Gasteiger partial charge in [-0.1, -0.05) is 140 Å². The molecule has 7 aromatic carbocycles. The lowest BCUT2D eigenvalue weighted by molar-refractivity contribution is 0.669. The van der Waals surface area contributed by atoms with Gasteiger partial charge < -0.3 is 4.42 Å². The zero-order valence-electron chi connectivity index (χ0n) is 27.8. The van der Waals surface area contributed by atoms with E-state index in [1.54, 1.807) is 11.3 Å². The van der Waals surface area contributed by atoms with E-state index in [2.05, 4.69) is 115 Å². The minimum Gasteiger partial charge on any atom is -0.456 e. The summed E-state index contributed by atoms with van der Waals surface area (Å²) in [7, 11) is 0. The van der Waals surface area contributed by atoms with Crippen molar-refractivity contribution in [3.8, 4) is 67.0 Å². The highest BCUT2D eigenvalue weighted by Gasteiger charge is 2.17. The van der Waals surface area contributed by atoms with Gasteiger partial charge in [0.2, 0.25) is 0 Å². The van der Waals surface area contributed by atoms with Crippen LogP contribution in [0.3, 0.4) is 0 Å². The molecule has 3 heterocycles. The van der Waals surface area contributed by atoms with Crippen LogP contribution in [-0.2, 0) is 0 Å². The van der Waals surface area contributed by atoms with Crippen molar-refractivity contribution < 1.29 is 4.42 Å². The Morgan fingerprint density at radius 3 is 1.38 bits per heavy atom. The number of nitrogens with zero attached hydrogens (tertiary/aromatic N) is 4. The summed E-state index contributed by atoms with van der Waals surface area (Å²) < 4.78 is 7.48. The molecule has 3 aromatic heterocycles. The lowest BCUT2D eigenvalue weighted by atomic mass is 10.0. The van der Waals surface area contributed by atoms with Crippen LogP contribution in [0.4, 0.5) is 0 Å². The second-order valence-electron chi connectivity index (χ2n) is 12.7. The van der Waals surface area contributed by atoms with Gasteiger partial charge in [-0.3, -0.25) is 0 Å². The van der Waals surface area contributed by atoms with Crippen LogP contribution in [0.25, 0.3) is 99.1 Å². The third-order valence-electron chi connectivity index (χ3n) is 9.39. The number of benzene rings is 7. The highest BCUT2D eigenvalue weighted by Crippen LogP contribution is 2.38. The van der Waals surface area contributed by atoms with Gasteiger partial charge in [-0.25, -0.2) is 19.9 Å². The Morgan fingerprint density at radius 2 is 0.788 bits per heavy atom. The average Bonchev–Trinajstić information content (AvgIpc) is 3.81. The molecular formula is C46H28N4OS. The predicted molar refractivity (Wildman–Crippen MR) is 213 cm³/mol. The summed E-state index contributed by atoms with van der Waals surface area (Å²) >= 11 is 1.68. The topological polar surface area (TPSA) is 64.7 Å². The molecule has 0 bridgehead atoms. The van der Waals surface area contributed by atoms with Gasteiger partial charge in [-0.2, -0.15) is 0 Å². The van der Waals surface area contributed by atoms with Gasteiger partial charge in [0, 0.05) is 39.1 Å². The molecule has 244 valence electrons. The smallest absolute Gasteiger partial charge is 0.164 e. The normalized spacial score (nSPS) is 11.5. The van der Waals surface area contributed by atoms with Crippen molar-refractivity contribution >= 4 is 43.5 Å². The minimum atomic E-state index is 0.600. The Hall–Kier alpha value is -6.76. The zero-order valence-corrected chi connectivity index (χ0v) is 28.6. The van der Waals surface area contributed by atoms with Gasteiger partial charge in [0.1, 0.15) is 16.2 Å². The van der Waals surface area contributed by atoms with Crippen LogP contribution in [0.2, 0.25) is 0 Å². The Balaban J connectivity index is 1.04. The van der Waals surface area contributed by atoms with Crippen LogP contribution in [0.5, 0.6) is 0 Å². The largest absolute Gasteiger partial charge is 0.456 e. The fraction of sp³-hybridized carbons (Fsp3) is 0. The van der Waals surface area contributed by atoms with Crippen molar-refractivity contribution in [1.29, 1.82) is 0 Å². The Labute approximate surface area is 303 Å². The number of aromatic nitrogens is 4. The van der Waals surface area contributed by atoms with Gasteiger partial charge in [-0.05, 0) is 46.5 Å². The van der Waals surface area contributed by atoms with Gasteiger partial charge in [-0.15, -0.1) is 11.3 Å². The molecule has 0 spiro atoms. The quantitative estimate of drug-likeness (QED) is 0.174. The molecule has 0 unspecified atom stereocenters. The molecule has 0 aliphatic heterocycles. The lowest BCUT2D eigenvalue weighted by Crippen LogP contribution is -2.00. The van der Waals surface area contributed by atoms with Crippen molar-refractivity contribution in [2.24, 2.45) is 0 Å². The van der Waals surface area contributed by atoms with E-state index in [0.717, 1.165) is 65.0 Å². The monoisotopic (exact) mass is 684 g/mol. The first kappa shape index (κ1) is 30.1. The molecule has 0 atom stereocenters. The zero-order chi connectivity index (χ0) is 34.4. The number of furan rings is 1. The maximum absolute atomic E-state index is 6.39. The first-order chi connectivity index (χ1) is 25.7. The van der Waals surface area contributed by atoms with Gasteiger partial charge in [0.05, 0.1) is 10.2 Å². The van der Waals surface area contributed by atoms with Crippen LogP contribution >= 0.6 is 11.3 Å². The third kappa shape index (κ3) is 5.52. The Bertz CT molecular complexity index is 2870. The fourth-order valence-corrected chi connectivity index (χ4v) is 7.67. The molecule has 0 amide bonds. The molecule has 52 heavy (non-hydrogen) atoms. The standard InChI is InChI=1S/C46H28N4OS/c1-4-10-29(11-5-1)31-16-20-34(21-17-31)44-48-43(33-14-8-3-9-15-33)49-45(50-44)36-24-25-40-37(26-36)38-27-39-42(28-41(38)51-40)52-46(47-39)35-22-18-32(19-23-35)30-12-6-2-7-13-30/h1-28H. The first-order valence-corrected chi connectivity index (χ1v) is 17.9. The number of thiazole rings is 1. The fourth-order valence-electron chi connectivity index (χ4n) is 6.69. The van der Waals surface area contributed by atoms with Crippen molar-refractivity contribution in [1.82, 2.24) is 19.9 Å². The van der Waals surface area contributed by atoms with E-state index in [-0.39, 0.29) is 0 Å². The Morgan fingerprint density at radius 1 is 0.346 bits per heavy atom. The molecule has 0 N–H and O–H groups in total. The van der Waals surface area contributed by atoms with Crippen LogP contribution in [0.15, 0.2) is 174 Å². The van der Waals surface area contributed by atoms with Crippen molar-refractivity contribution in [2.45, 2.75) is 0 Å².